The van der Waals surface area contributed by atoms with E-state index in [2.05, 4.69) is 23.1 Å². The molecule has 0 fully saturated rings. The summed E-state index contributed by atoms with van der Waals surface area (Å²) in [7, 11) is 0. The number of fused-ring (bicyclic) bond motifs is 2. The van der Waals surface area contributed by atoms with Gasteiger partial charge in [0.1, 0.15) is 0 Å². The van der Waals surface area contributed by atoms with Gasteiger partial charge in [-0.15, -0.1) is 0 Å². The number of aryl methyl sites for hydroxylation is 1. The molecular weight excluding hydrogens is 498 g/mol. The van der Waals surface area contributed by atoms with E-state index in [0.717, 1.165) is 45.9 Å². The van der Waals surface area contributed by atoms with Gasteiger partial charge in [-0.1, -0.05) is 54.9 Å². The van der Waals surface area contributed by atoms with Crippen molar-refractivity contribution in [1.82, 2.24) is 19.8 Å². The van der Waals surface area contributed by atoms with Crippen LogP contribution in [-0.2, 0) is 11.3 Å². The summed E-state index contributed by atoms with van der Waals surface area (Å²) in [6, 6.07) is 21.0. The number of hydrazone groups is 1. The van der Waals surface area contributed by atoms with E-state index in [0.29, 0.717) is 28.2 Å². The minimum Gasteiger partial charge on any atom is -0.321 e. The standard InChI is InChI=1S/C30H26ClN5O2/c1-3-13-35-26-12-9-20(14-21(26)17-32-35)27-16-25(34-36(27)18(2)37)29-28(19-7-5-4-6-8-19)23-15-22(31)10-11-24(23)33-30(29)38/h4-12,14-15,17,27H,3,13,16H2,1-2H3,(H,33,38). The third kappa shape index (κ3) is 4.09. The van der Waals surface area contributed by atoms with E-state index in [9.17, 15) is 9.59 Å². The highest BCUT2D eigenvalue weighted by atomic mass is 35.5. The minimum absolute atomic E-state index is 0.187. The molecule has 0 aliphatic carbocycles. The molecule has 2 aromatic heterocycles. The van der Waals surface area contributed by atoms with Gasteiger partial charge in [-0.2, -0.15) is 10.2 Å². The van der Waals surface area contributed by atoms with Crippen LogP contribution in [-0.4, -0.2) is 31.4 Å². The number of pyridine rings is 1. The highest BCUT2D eigenvalue weighted by molar-refractivity contribution is 6.31. The number of halogens is 1. The van der Waals surface area contributed by atoms with Gasteiger partial charge < -0.3 is 4.98 Å². The first-order chi connectivity index (χ1) is 18.4. The van der Waals surface area contributed by atoms with Crippen LogP contribution < -0.4 is 5.56 Å². The van der Waals surface area contributed by atoms with Crippen molar-refractivity contribution in [3.63, 3.8) is 0 Å². The molecule has 3 aromatic carbocycles. The highest BCUT2D eigenvalue weighted by Crippen LogP contribution is 2.38. The zero-order valence-electron chi connectivity index (χ0n) is 21.1. The van der Waals surface area contributed by atoms with Crippen molar-refractivity contribution in [2.45, 2.75) is 39.3 Å². The molecule has 1 unspecified atom stereocenters. The number of aromatic amines is 1. The van der Waals surface area contributed by atoms with Crippen molar-refractivity contribution in [1.29, 1.82) is 0 Å². The lowest BCUT2D eigenvalue weighted by molar-refractivity contribution is -0.130. The summed E-state index contributed by atoms with van der Waals surface area (Å²) in [5.41, 5.74) is 5.10. The van der Waals surface area contributed by atoms with Crippen LogP contribution in [0.15, 0.2) is 82.8 Å². The van der Waals surface area contributed by atoms with Crippen molar-refractivity contribution >= 4 is 45.0 Å². The molecule has 0 spiro atoms. The molecule has 0 saturated heterocycles. The lowest BCUT2D eigenvalue weighted by atomic mass is 9.91. The van der Waals surface area contributed by atoms with Crippen LogP contribution in [0.5, 0.6) is 0 Å². The maximum absolute atomic E-state index is 13.6. The van der Waals surface area contributed by atoms with Crippen LogP contribution in [0.3, 0.4) is 0 Å². The molecule has 1 amide bonds. The van der Waals surface area contributed by atoms with Crippen LogP contribution in [0.4, 0.5) is 0 Å². The fraction of sp³-hybridized carbons (Fsp3) is 0.200. The fourth-order valence-electron chi connectivity index (χ4n) is 5.36. The molecule has 1 atom stereocenters. The topological polar surface area (TPSA) is 83.3 Å². The molecule has 190 valence electrons. The largest absolute Gasteiger partial charge is 0.321 e. The minimum atomic E-state index is -0.334. The van der Waals surface area contributed by atoms with E-state index >= 15 is 0 Å². The molecule has 3 heterocycles. The predicted octanol–water partition coefficient (Wildman–Crippen LogP) is 6.31. The zero-order chi connectivity index (χ0) is 26.4. The number of carbonyl (C=O) groups is 1. The van der Waals surface area contributed by atoms with Gasteiger partial charge in [0.15, 0.2) is 0 Å². The van der Waals surface area contributed by atoms with E-state index in [1.165, 1.54) is 11.9 Å². The van der Waals surface area contributed by atoms with Crippen molar-refractivity contribution in [3.05, 3.63) is 99.4 Å². The van der Waals surface area contributed by atoms with Crippen molar-refractivity contribution in [2.75, 3.05) is 0 Å². The van der Waals surface area contributed by atoms with E-state index < -0.39 is 0 Å². The summed E-state index contributed by atoms with van der Waals surface area (Å²) < 4.78 is 1.99. The Morgan fingerprint density at radius 3 is 2.66 bits per heavy atom. The predicted molar refractivity (Wildman–Crippen MR) is 151 cm³/mol. The number of carbonyl (C=O) groups excluding carboxylic acids is 1. The lowest BCUT2D eigenvalue weighted by Gasteiger charge is -2.20. The number of amides is 1. The molecular formula is C30H26ClN5O2. The van der Waals surface area contributed by atoms with E-state index in [1.54, 1.807) is 6.07 Å². The Kier molecular flexibility index (Phi) is 6.08. The molecule has 8 heteroatoms. The quantitative estimate of drug-likeness (QED) is 0.293. The number of rotatable bonds is 5. The fourth-order valence-corrected chi connectivity index (χ4v) is 5.53. The van der Waals surface area contributed by atoms with E-state index in [1.807, 2.05) is 65.5 Å². The molecule has 1 aliphatic rings. The first kappa shape index (κ1) is 24.1. The third-order valence-corrected chi connectivity index (χ3v) is 7.28. The number of nitrogens with zero attached hydrogens (tertiary/aromatic N) is 4. The van der Waals surface area contributed by atoms with Crippen LogP contribution in [0.1, 0.15) is 43.9 Å². The smallest absolute Gasteiger partial charge is 0.258 e. The molecule has 1 aliphatic heterocycles. The Bertz CT molecular complexity index is 1790. The van der Waals surface area contributed by atoms with Gasteiger partial charge in [-0.3, -0.25) is 14.3 Å². The van der Waals surface area contributed by atoms with Gasteiger partial charge in [0.25, 0.3) is 5.56 Å². The maximum Gasteiger partial charge on any atom is 0.258 e. The number of hydrogen-bond acceptors (Lipinski definition) is 4. The summed E-state index contributed by atoms with van der Waals surface area (Å²) in [6.45, 7) is 4.46. The Hall–Kier alpha value is -4.23. The van der Waals surface area contributed by atoms with Gasteiger partial charge in [-0.05, 0) is 47.9 Å². The number of H-pyrrole nitrogens is 1. The SMILES string of the molecule is CCCn1ncc2cc(C3CC(c4c(-c5ccccc5)c5cc(Cl)ccc5[nH]c4=O)=NN3C(C)=O)ccc21. The molecule has 6 rings (SSSR count). The Labute approximate surface area is 224 Å². The number of hydrogen-bond donors (Lipinski definition) is 1. The van der Waals surface area contributed by atoms with Crippen molar-refractivity contribution in [2.24, 2.45) is 5.10 Å². The monoisotopic (exact) mass is 523 g/mol. The second-order valence-corrected chi connectivity index (χ2v) is 10.0. The second-order valence-electron chi connectivity index (χ2n) is 9.58. The van der Waals surface area contributed by atoms with Gasteiger partial charge in [-0.25, -0.2) is 5.01 Å². The molecule has 5 aromatic rings. The van der Waals surface area contributed by atoms with Gasteiger partial charge in [0, 0.05) is 46.8 Å². The summed E-state index contributed by atoms with van der Waals surface area (Å²) in [6.07, 6.45) is 3.25. The molecule has 0 bridgehead atoms. The molecule has 0 saturated carbocycles. The number of aromatic nitrogens is 3. The second kappa shape index (κ2) is 9.58. The maximum atomic E-state index is 13.6. The van der Waals surface area contributed by atoms with Gasteiger partial charge in [0.05, 0.1) is 29.0 Å². The Morgan fingerprint density at radius 1 is 1.08 bits per heavy atom. The van der Waals surface area contributed by atoms with E-state index in [-0.39, 0.29) is 17.5 Å². The molecule has 1 N–H and O–H groups in total. The van der Waals surface area contributed by atoms with Crippen molar-refractivity contribution < 1.29 is 4.79 Å². The van der Waals surface area contributed by atoms with Gasteiger partial charge >= 0.3 is 0 Å². The molecule has 0 radical (unpaired) electrons. The number of nitrogens with one attached hydrogen (secondary N) is 1. The van der Waals surface area contributed by atoms with Gasteiger partial charge in [0.2, 0.25) is 5.91 Å². The summed E-state index contributed by atoms with van der Waals surface area (Å²) in [4.78, 5) is 29.3. The van der Waals surface area contributed by atoms with Crippen LogP contribution in [0.2, 0.25) is 5.02 Å². The number of benzene rings is 3. The molecule has 38 heavy (non-hydrogen) atoms. The van der Waals surface area contributed by atoms with E-state index in [4.69, 9.17) is 16.7 Å². The average Bonchev–Trinajstić information content (AvgIpc) is 3.53. The Morgan fingerprint density at radius 2 is 1.89 bits per heavy atom. The first-order valence-electron chi connectivity index (χ1n) is 12.7. The van der Waals surface area contributed by atoms with Crippen LogP contribution >= 0.6 is 11.6 Å². The van der Waals surface area contributed by atoms with Crippen molar-refractivity contribution in [3.8, 4) is 11.1 Å². The lowest BCUT2D eigenvalue weighted by Crippen LogP contribution is -2.24. The highest BCUT2D eigenvalue weighted by Gasteiger charge is 2.34. The Balaban J connectivity index is 1.50. The summed E-state index contributed by atoms with van der Waals surface area (Å²) in [5, 5.41) is 13.1. The summed E-state index contributed by atoms with van der Waals surface area (Å²) >= 11 is 6.39. The zero-order valence-corrected chi connectivity index (χ0v) is 21.9. The van der Waals surface area contributed by atoms with Crippen LogP contribution in [0.25, 0.3) is 32.9 Å². The first-order valence-corrected chi connectivity index (χ1v) is 13.1. The van der Waals surface area contributed by atoms with Crippen LogP contribution in [0, 0.1) is 0 Å². The molecule has 7 nitrogen and oxygen atoms in total. The third-order valence-electron chi connectivity index (χ3n) is 7.05. The summed E-state index contributed by atoms with van der Waals surface area (Å²) in [5.74, 6) is -0.187. The average molecular weight is 524 g/mol. The normalized spacial score (nSPS) is 15.4.